The van der Waals surface area contributed by atoms with Crippen molar-refractivity contribution in [2.24, 2.45) is 0 Å². The number of hydrogen-bond donors (Lipinski definition) is 0. The minimum Gasteiger partial charge on any atom is -0.456 e. The maximum atomic E-state index is 5.65. The topological polar surface area (TPSA) is 13.1 Å². The Kier molecular flexibility index (Phi) is 2.22. The van der Waals surface area contributed by atoms with Crippen LogP contribution in [-0.2, 0) is 0 Å². The average molecular weight is 202 g/mol. The molecule has 70 valence electrons. The molecule has 1 nitrogen and oxygen atoms in total. The van der Waals surface area contributed by atoms with E-state index in [2.05, 4.69) is 12.1 Å². The van der Waals surface area contributed by atoms with E-state index < -0.39 is 0 Å². The van der Waals surface area contributed by atoms with Crippen molar-refractivity contribution >= 4 is 35.4 Å². The van der Waals surface area contributed by atoms with Crippen molar-refractivity contribution in [3.8, 4) is 0 Å². The van der Waals surface area contributed by atoms with E-state index in [-0.39, 0.29) is 13.5 Å². The van der Waals surface area contributed by atoms with Gasteiger partial charge in [-0.3, -0.25) is 0 Å². The molecule has 1 aromatic heterocycles. The molecule has 0 unspecified atom stereocenters. The van der Waals surface area contributed by atoms with Crippen LogP contribution in [0.15, 0.2) is 52.9 Å². The van der Waals surface area contributed by atoms with Crippen LogP contribution in [-0.4, -0.2) is 0 Å². The van der Waals surface area contributed by atoms with Gasteiger partial charge < -0.3 is 4.42 Å². The van der Waals surface area contributed by atoms with Gasteiger partial charge in [0.15, 0.2) is 0 Å². The third kappa shape index (κ3) is 1.19. The largest absolute Gasteiger partial charge is 0.456 e. The first-order chi connectivity index (χ1) is 6.45. The van der Waals surface area contributed by atoms with Crippen LogP contribution in [0.3, 0.4) is 0 Å². The predicted molar refractivity (Wildman–Crippen MR) is 64.1 cm³/mol. The van der Waals surface area contributed by atoms with E-state index in [0.717, 1.165) is 11.2 Å². The first-order valence-electron chi connectivity index (χ1n) is 4.31. The summed E-state index contributed by atoms with van der Waals surface area (Å²) in [5.41, 5.74) is 1.92. The molecule has 2 heteroatoms. The van der Waals surface area contributed by atoms with Gasteiger partial charge in [0.05, 0.1) is 0 Å². The number of rotatable bonds is 0. The second kappa shape index (κ2) is 3.39. The van der Waals surface area contributed by atoms with Gasteiger partial charge in [-0.15, -0.1) is 0 Å². The average Bonchev–Trinajstić information content (AvgIpc) is 2.56. The fourth-order valence-electron chi connectivity index (χ4n) is 1.67. The fraction of sp³-hybridized carbons (Fsp3) is 0. The van der Waals surface area contributed by atoms with Crippen LogP contribution in [0.2, 0.25) is 0 Å². The van der Waals surface area contributed by atoms with Crippen LogP contribution in [0.25, 0.3) is 21.9 Å². The Morgan fingerprint density at radius 3 is 1.57 bits per heavy atom. The molecule has 0 aliphatic carbocycles. The Morgan fingerprint density at radius 1 is 0.643 bits per heavy atom. The lowest BCUT2D eigenvalue weighted by molar-refractivity contribution is 0.669. The smallest absolute Gasteiger partial charge is 0.135 e. The van der Waals surface area contributed by atoms with Crippen molar-refractivity contribution < 1.29 is 4.42 Å². The van der Waals surface area contributed by atoms with Gasteiger partial charge >= 0.3 is 0 Å². The van der Waals surface area contributed by atoms with E-state index in [4.69, 9.17) is 4.42 Å². The zero-order valence-corrected chi connectivity index (χ0v) is 8.53. The lowest BCUT2D eigenvalue weighted by Crippen LogP contribution is -1.62. The van der Waals surface area contributed by atoms with Crippen LogP contribution < -0.4 is 0 Å². The van der Waals surface area contributed by atoms with Gasteiger partial charge in [-0.05, 0) is 12.1 Å². The molecule has 3 rings (SSSR count). The lowest BCUT2D eigenvalue weighted by atomic mass is 10.2. The summed E-state index contributed by atoms with van der Waals surface area (Å²) < 4.78 is 5.65. The Balaban J connectivity index is 0.000000750. The van der Waals surface area contributed by atoms with Crippen molar-refractivity contribution in [3.63, 3.8) is 0 Å². The van der Waals surface area contributed by atoms with Gasteiger partial charge in [-0.2, -0.15) is 13.5 Å². The van der Waals surface area contributed by atoms with Gasteiger partial charge in [0.25, 0.3) is 0 Å². The molecule has 14 heavy (non-hydrogen) atoms. The SMILES string of the molecule is S.c1ccc2c(c1)oc1ccccc12. The Hall–Kier alpha value is -1.41. The molecule has 2 aromatic carbocycles. The summed E-state index contributed by atoms with van der Waals surface area (Å²) in [5, 5.41) is 2.39. The summed E-state index contributed by atoms with van der Waals surface area (Å²) in [6.07, 6.45) is 0. The van der Waals surface area contributed by atoms with E-state index in [9.17, 15) is 0 Å². The second-order valence-corrected chi connectivity index (χ2v) is 3.09. The molecule has 1 heterocycles. The molecule has 0 N–H and O–H groups in total. The Labute approximate surface area is 88.8 Å². The number of para-hydroxylation sites is 2. The minimum atomic E-state index is 0. The van der Waals surface area contributed by atoms with E-state index in [1.165, 1.54) is 10.8 Å². The number of hydrogen-bond acceptors (Lipinski definition) is 1. The quantitative estimate of drug-likeness (QED) is 0.541. The van der Waals surface area contributed by atoms with Gasteiger partial charge in [-0.1, -0.05) is 36.4 Å². The standard InChI is InChI=1S/C12H8O.H2S/c1-3-7-11-9(5-1)10-6-2-4-8-12(10)13-11;/h1-8H;1H2. The predicted octanol–water partition coefficient (Wildman–Crippen LogP) is 3.70. The van der Waals surface area contributed by atoms with Crippen LogP contribution in [0.5, 0.6) is 0 Å². The zero-order valence-electron chi connectivity index (χ0n) is 7.53. The van der Waals surface area contributed by atoms with Crippen LogP contribution in [0.1, 0.15) is 0 Å². The first kappa shape index (κ1) is 9.16. The monoisotopic (exact) mass is 202 g/mol. The molecule has 0 aliphatic rings. The van der Waals surface area contributed by atoms with E-state index in [0.29, 0.717) is 0 Å². The molecule has 0 fully saturated rings. The van der Waals surface area contributed by atoms with Crippen molar-refractivity contribution in [1.29, 1.82) is 0 Å². The van der Waals surface area contributed by atoms with E-state index >= 15 is 0 Å². The molecule has 0 saturated heterocycles. The molecule has 0 saturated carbocycles. The highest BCUT2D eigenvalue weighted by molar-refractivity contribution is 7.59. The molecule has 0 spiro atoms. The van der Waals surface area contributed by atoms with E-state index in [1.807, 2.05) is 36.4 Å². The van der Waals surface area contributed by atoms with Crippen molar-refractivity contribution in [2.45, 2.75) is 0 Å². The molecule has 0 radical (unpaired) electrons. The summed E-state index contributed by atoms with van der Waals surface area (Å²) in [7, 11) is 0. The summed E-state index contributed by atoms with van der Waals surface area (Å²) in [6, 6.07) is 16.2. The van der Waals surface area contributed by atoms with Gasteiger partial charge in [0.2, 0.25) is 0 Å². The van der Waals surface area contributed by atoms with Crippen molar-refractivity contribution in [2.75, 3.05) is 0 Å². The molecule has 0 atom stereocenters. The van der Waals surface area contributed by atoms with Crippen LogP contribution >= 0.6 is 13.5 Å². The van der Waals surface area contributed by atoms with Gasteiger partial charge in [0, 0.05) is 10.8 Å². The van der Waals surface area contributed by atoms with Crippen LogP contribution in [0, 0.1) is 0 Å². The number of benzene rings is 2. The third-order valence-corrected chi connectivity index (χ3v) is 2.28. The second-order valence-electron chi connectivity index (χ2n) is 3.09. The summed E-state index contributed by atoms with van der Waals surface area (Å²) in [4.78, 5) is 0. The van der Waals surface area contributed by atoms with Gasteiger partial charge in [-0.25, -0.2) is 0 Å². The highest BCUT2D eigenvalue weighted by atomic mass is 32.1. The third-order valence-electron chi connectivity index (χ3n) is 2.28. The van der Waals surface area contributed by atoms with Crippen molar-refractivity contribution in [3.05, 3.63) is 48.5 Å². The summed E-state index contributed by atoms with van der Waals surface area (Å²) >= 11 is 0. The maximum absolute atomic E-state index is 5.65. The Bertz CT molecular complexity index is 518. The molecule has 3 aromatic rings. The first-order valence-corrected chi connectivity index (χ1v) is 4.31. The van der Waals surface area contributed by atoms with Crippen LogP contribution in [0.4, 0.5) is 0 Å². The molecule has 0 bridgehead atoms. The fourth-order valence-corrected chi connectivity index (χ4v) is 1.67. The zero-order chi connectivity index (χ0) is 8.67. The molecular formula is C12H10OS. The van der Waals surface area contributed by atoms with Crippen molar-refractivity contribution in [1.82, 2.24) is 0 Å². The highest BCUT2D eigenvalue weighted by Crippen LogP contribution is 2.27. The maximum Gasteiger partial charge on any atom is 0.135 e. The summed E-state index contributed by atoms with van der Waals surface area (Å²) in [6.45, 7) is 0. The normalized spacial score (nSPS) is 10.3. The van der Waals surface area contributed by atoms with E-state index in [1.54, 1.807) is 0 Å². The minimum absolute atomic E-state index is 0. The number of fused-ring (bicyclic) bond motifs is 3. The van der Waals surface area contributed by atoms with Gasteiger partial charge in [0.1, 0.15) is 11.2 Å². The Morgan fingerprint density at radius 2 is 1.07 bits per heavy atom. The molecular weight excluding hydrogens is 192 g/mol. The molecule has 0 amide bonds. The molecule has 0 aliphatic heterocycles. The lowest BCUT2D eigenvalue weighted by Gasteiger charge is -1.85. The number of furan rings is 1. The highest BCUT2D eigenvalue weighted by Gasteiger charge is 2.02. The summed E-state index contributed by atoms with van der Waals surface area (Å²) in [5.74, 6) is 0.